The summed E-state index contributed by atoms with van der Waals surface area (Å²) < 4.78 is 62.6. The third-order valence-corrected chi connectivity index (χ3v) is 0.422. The first-order valence-corrected chi connectivity index (χ1v) is 4.64. The molecule has 0 heterocycles. The van der Waals surface area contributed by atoms with Gasteiger partial charge in [-0.2, -0.15) is 21.6 Å². The molecule has 9 heteroatoms. The molecular weight excluding hydrogens is 229 g/mol. The van der Waals surface area contributed by atoms with Crippen molar-refractivity contribution >= 4 is 16.1 Å². The van der Waals surface area contributed by atoms with Gasteiger partial charge in [0, 0.05) is 0 Å². The van der Waals surface area contributed by atoms with E-state index in [-0.39, 0.29) is 0 Å². The van der Waals surface area contributed by atoms with Crippen LogP contribution in [0.5, 0.6) is 0 Å². The molecule has 14 heavy (non-hydrogen) atoms. The maximum atomic E-state index is 11.1. The average molecular weight is 236 g/mol. The third kappa shape index (κ3) is 17.1. The van der Waals surface area contributed by atoms with Gasteiger partial charge in [0.05, 0.1) is 12.5 Å². The molecule has 0 aromatic rings. The Labute approximate surface area is 77.9 Å². The molecule has 0 aliphatic rings. The van der Waals surface area contributed by atoms with Gasteiger partial charge in [0.15, 0.2) is 0 Å². The maximum absolute atomic E-state index is 11.1. The molecule has 0 aliphatic carbocycles. The summed E-state index contributed by atoms with van der Waals surface area (Å²) in [6, 6.07) is 0. The van der Waals surface area contributed by atoms with Crippen LogP contribution in [0.4, 0.5) is 13.2 Å². The summed E-state index contributed by atoms with van der Waals surface area (Å²) in [5, 5.41) is 0. The molecule has 0 rings (SSSR count). The van der Waals surface area contributed by atoms with Crippen molar-refractivity contribution in [2.75, 3.05) is 6.26 Å². The van der Waals surface area contributed by atoms with Gasteiger partial charge in [-0.15, -0.1) is 0 Å². The minimum Gasteiger partial charge on any atom is -0.428 e. The molecule has 0 aromatic carbocycles. The number of hydrogen-bond donors (Lipinski definition) is 1. The van der Waals surface area contributed by atoms with E-state index in [1.54, 1.807) is 0 Å². The van der Waals surface area contributed by atoms with Gasteiger partial charge in [-0.3, -0.25) is 4.55 Å². The van der Waals surface area contributed by atoms with Gasteiger partial charge in [0.25, 0.3) is 10.1 Å². The van der Waals surface area contributed by atoms with Crippen LogP contribution in [-0.2, 0) is 19.6 Å². The molecule has 0 saturated carbocycles. The van der Waals surface area contributed by atoms with E-state index in [0.717, 1.165) is 0 Å². The van der Waals surface area contributed by atoms with Crippen molar-refractivity contribution in [3.05, 3.63) is 12.8 Å². The molecule has 0 radical (unpaired) electrons. The minimum absolute atomic E-state index is 0.426. The summed E-state index contributed by atoms with van der Waals surface area (Å²) in [6.45, 7) is 2.77. The first-order chi connectivity index (χ1) is 5.98. The van der Waals surface area contributed by atoms with Crippen LogP contribution in [0.25, 0.3) is 0 Å². The number of esters is 1. The molecule has 0 spiro atoms. The molecule has 0 bridgehead atoms. The molecule has 0 unspecified atom stereocenters. The minimum atomic E-state index is -4.92. The number of hydrogen-bond acceptors (Lipinski definition) is 4. The van der Waals surface area contributed by atoms with Gasteiger partial charge in [-0.05, 0) is 0 Å². The second kappa shape index (κ2) is 5.60. The quantitative estimate of drug-likeness (QED) is 0.412. The first kappa shape index (κ1) is 15.4. The van der Waals surface area contributed by atoms with Gasteiger partial charge in [0.2, 0.25) is 0 Å². The fourth-order valence-electron chi connectivity index (χ4n) is 0.143. The van der Waals surface area contributed by atoms with E-state index < -0.39 is 22.3 Å². The molecule has 0 aliphatic heterocycles. The standard InChI is InChI=1S/C4H3F3O2.CH4O3S/c1-2-9-3(8)4(5,6)7;1-5(2,3)4/h2H,1H2;1H3,(H,2,3,4). The van der Waals surface area contributed by atoms with E-state index in [0.29, 0.717) is 12.5 Å². The van der Waals surface area contributed by atoms with Crippen LogP contribution in [0.3, 0.4) is 0 Å². The van der Waals surface area contributed by atoms with Crippen LogP contribution in [-0.4, -0.2) is 31.4 Å². The summed E-state index contributed by atoms with van der Waals surface area (Å²) in [5.41, 5.74) is 0. The number of rotatable bonds is 1. The summed E-state index contributed by atoms with van der Waals surface area (Å²) >= 11 is 0. The number of carbonyl (C=O) groups excluding carboxylic acids is 1. The third-order valence-electron chi connectivity index (χ3n) is 0.422. The van der Waals surface area contributed by atoms with Crippen molar-refractivity contribution in [3.63, 3.8) is 0 Å². The molecule has 0 amide bonds. The van der Waals surface area contributed by atoms with Crippen molar-refractivity contribution in [3.8, 4) is 0 Å². The highest BCUT2D eigenvalue weighted by molar-refractivity contribution is 7.85. The molecule has 0 fully saturated rings. The lowest BCUT2D eigenvalue weighted by molar-refractivity contribution is -0.193. The van der Waals surface area contributed by atoms with Gasteiger partial charge in [-0.1, -0.05) is 6.58 Å². The van der Waals surface area contributed by atoms with E-state index in [1.165, 1.54) is 0 Å². The van der Waals surface area contributed by atoms with Gasteiger partial charge in [0.1, 0.15) is 0 Å². The van der Waals surface area contributed by atoms with E-state index in [2.05, 4.69) is 11.3 Å². The SMILES string of the molecule is C=COC(=O)C(F)(F)F.CS(=O)(=O)O. The Kier molecular flexibility index (Phi) is 6.15. The number of carbonyl (C=O) groups is 1. The second-order valence-electron chi connectivity index (χ2n) is 1.80. The predicted octanol–water partition coefficient (Wildman–Crippen LogP) is 0.739. The smallest absolute Gasteiger partial charge is 0.428 e. The summed E-state index contributed by atoms with van der Waals surface area (Å²) in [4.78, 5) is 9.65. The highest BCUT2D eigenvalue weighted by atomic mass is 32.2. The second-order valence-corrected chi connectivity index (χ2v) is 3.27. The Bertz CT molecular complexity index is 283. The Morgan fingerprint density at radius 1 is 1.50 bits per heavy atom. The highest BCUT2D eigenvalue weighted by Gasteiger charge is 2.40. The fourth-order valence-corrected chi connectivity index (χ4v) is 0.143. The van der Waals surface area contributed by atoms with Crippen molar-refractivity contribution in [1.82, 2.24) is 0 Å². The van der Waals surface area contributed by atoms with Crippen LogP contribution in [0.15, 0.2) is 12.8 Å². The summed E-state index contributed by atoms with van der Waals surface area (Å²) in [7, 11) is -3.67. The highest BCUT2D eigenvalue weighted by Crippen LogP contribution is 2.15. The molecule has 0 atom stereocenters. The summed E-state index contributed by atoms with van der Waals surface area (Å²) in [6.07, 6.45) is -3.78. The Morgan fingerprint density at radius 2 is 1.79 bits per heavy atom. The number of halogens is 3. The first-order valence-electron chi connectivity index (χ1n) is 2.79. The van der Waals surface area contributed by atoms with E-state index in [9.17, 15) is 26.4 Å². The van der Waals surface area contributed by atoms with Gasteiger partial charge in [-0.25, -0.2) is 4.79 Å². The summed E-state index contributed by atoms with van der Waals surface area (Å²) in [5.74, 6) is -2.25. The van der Waals surface area contributed by atoms with Crippen LogP contribution in [0.2, 0.25) is 0 Å². The van der Waals surface area contributed by atoms with Crippen molar-refractivity contribution in [2.45, 2.75) is 6.18 Å². The number of alkyl halides is 3. The normalized spacial score (nSPS) is 10.9. The molecule has 84 valence electrons. The average Bonchev–Trinajstić information content (AvgIpc) is 1.81. The zero-order valence-corrected chi connectivity index (χ0v) is 7.72. The lowest BCUT2D eigenvalue weighted by Gasteiger charge is -2.00. The van der Waals surface area contributed by atoms with Crippen LogP contribution >= 0.6 is 0 Å². The van der Waals surface area contributed by atoms with Gasteiger partial charge >= 0.3 is 12.1 Å². The van der Waals surface area contributed by atoms with E-state index in [1.807, 2.05) is 0 Å². The van der Waals surface area contributed by atoms with Crippen molar-refractivity contribution in [1.29, 1.82) is 0 Å². The Hall–Kier alpha value is -1.09. The van der Waals surface area contributed by atoms with Crippen LogP contribution in [0.1, 0.15) is 0 Å². The zero-order valence-electron chi connectivity index (χ0n) is 6.91. The topological polar surface area (TPSA) is 80.7 Å². The van der Waals surface area contributed by atoms with E-state index >= 15 is 0 Å². The Morgan fingerprint density at radius 3 is 1.86 bits per heavy atom. The molecular formula is C5H7F3O5S. The monoisotopic (exact) mass is 236 g/mol. The maximum Gasteiger partial charge on any atom is 0.491 e. The van der Waals surface area contributed by atoms with Gasteiger partial charge < -0.3 is 4.74 Å². The Balaban J connectivity index is 0. The van der Waals surface area contributed by atoms with Crippen LogP contribution < -0.4 is 0 Å². The lowest BCUT2D eigenvalue weighted by Crippen LogP contribution is -2.23. The van der Waals surface area contributed by atoms with Crippen molar-refractivity contribution in [2.24, 2.45) is 0 Å². The largest absolute Gasteiger partial charge is 0.491 e. The van der Waals surface area contributed by atoms with Crippen molar-refractivity contribution < 1.29 is 35.7 Å². The van der Waals surface area contributed by atoms with E-state index in [4.69, 9.17) is 4.55 Å². The zero-order chi connectivity index (χ0) is 12.0. The molecule has 5 nitrogen and oxygen atoms in total. The van der Waals surface area contributed by atoms with Crippen LogP contribution in [0, 0.1) is 0 Å². The fraction of sp³-hybridized carbons (Fsp3) is 0.400. The molecule has 1 N–H and O–H groups in total. The lowest BCUT2D eigenvalue weighted by atomic mass is 10.7. The number of ether oxygens (including phenoxy) is 1. The predicted molar refractivity (Wildman–Crippen MR) is 39.8 cm³/mol. The molecule has 0 aromatic heterocycles. The molecule has 0 saturated heterocycles.